The number of rotatable bonds is 4. The van der Waals surface area contributed by atoms with E-state index in [4.69, 9.17) is 4.74 Å². The van der Waals surface area contributed by atoms with Gasteiger partial charge in [0.2, 0.25) is 0 Å². The zero-order chi connectivity index (χ0) is 17.3. The fourth-order valence-electron chi connectivity index (χ4n) is 4.20. The number of hydrogen-bond acceptors (Lipinski definition) is 3. The second-order valence-electron chi connectivity index (χ2n) is 7.61. The Kier molecular flexibility index (Phi) is 4.73. The maximum Gasteiger partial charge on any atom is 0.124 e. The molecule has 0 fully saturated rings. The first-order valence-corrected chi connectivity index (χ1v) is 8.88. The van der Waals surface area contributed by atoms with Crippen LogP contribution in [0.2, 0.25) is 0 Å². The lowest BCUT2D eigenvalue weighted by Gasteiger charge is -2.48. The zero-order valence-corrected chi connectivity index (χ0v) is 14.9. The Morgan fingerprint density at radius 3 is 2.88 bits per heavy atom. The van der Waals surface area contributed by atoms with Crippen LogP contribution in [0.15, 0.2) is 41.5 Å². The Labute approximate surface area is 144 Å². The molecule has 1 aliphatic heterocycles. The van der Waals surface area contributed by atoms with Gasteiger partial charge in [-0.15, -0.1) is 0 Å². The summed E-state index contributed by atoms with van der Waals surface area (Å²) in [6, 6.07) is 5.38. The summed E-state index contributed by atoms with van der Waals surface area (Å²) in [6.45, 7) is 6.59. The number of aliphatic hydroxyl groups excluding tert-OH is 1. The van der Waals surface area contributed by atoms with Crippen LogP contribution in [0.3, 0.4) is 0 Å². The average molecular weight is 328 g/mol. The van der Waals surface area contributed by atoms with Crippen LogP contribution in [0, 0.1) is 5.92 Å². The molecule has 3 nitrogen and oxygen atoms in total. The molecule has 3 heteroatoms. The van der Waals surface area contributed by atoms with E-state index in [2.05, 4.69) is 32.9 Å². The molecule has 0 saturated carbocycles. The summed E-state index contributed by atoms with van der Waals surface area (Å²) in [4.78, 5) is 0. The van der Waals surface area contributed by atoms with Crippen molar-refractivity contribution in [3.05, 3.63) is 47.1 Å². The molecule has 0 spiro atoms. The van der Waals surface area contributed by atoms with E-state index in [0.29, 0.717) is 5.92 Å². The fourth-order valence-corrected chi connectivity index (χ4v) is 4.20. The molecule has 3 atom stereocenters. The van der Waals surface area contributed by atoms with Gasteiger partial charge in [-0.3, -0.25) is 0 Å². The van der Waals surface area contributed by atoms with Crippen LogP contribution in [-0.2, 0) is 0 Å². The lowest BCUT2D eigenvalue weighted by Crippen LogP contribution is -2.47. The fraction of sp³-hybridized carbons (Fsp3) is 0.524. The molecule has 0 amide bonds. The summed E-state index contributed by atoms with van der Waals surface area (Å²) < 4.78 is 6.46. The summed E-state index contributed by atoms with van der Waals surface area (Å²) in [5.74, 6) is 1.71. The number of fused-ring (bicyclic) bond motifs is 3. The van der Waals surface area contributed by atoms with Gasteiger partial charge in [0.25, 0.3) is 0 Å². The summed E-state index contributed by atoms with van der Waals surface area (Å²) in [6.07, 6.45) is 8.39. The highest BCUT2D eigenvalue weighted by atomic mass is 16.5. The Balaban J connectivity index is 1.98. The van der Waals surface area contributed by atoms with Gasteiger partial charge in [0.1, 0.15) is 17.1 Å². The number of phenolic OH excluding ortho intramolecular Hbond substituents is 1. The number of phenols is 1. The van der Waals surface area contributed by atoms with Gasteiger partial charge in [-0.05, 0) is 70.2 Å². The highest BCUT2D eigenvalue weighted by Crippen LogP contribution is 2.52. The molecule has 2 N–H and O–H groups in total. The summed E-state index contributed by atoms with van der Waals surface area (Å²) in [7, 11) is 0. The zero-order valence-electron chi connectivity index (χ0n) is 14.9. The molecule has 130 valence electrons. The maximum atomic E-state index is 9.90. The van der Waals surface area contributed by atoms with Gasteiger partial charge in [-0.2, -0.15) is 0 Å². The highest BCUT2D eigenvalue weighted by molar-refractivity contribution is 5.47. The molecule has 2 aliphatic rings. The third kappa shape index (κ3) is 3.23. The topological polar surface area (TPSA) is 49.7 Å². The Hall–Kier alpha value is -1.74. The van der Waals surface area contributed by atoms with Crippen LogP contribution < -0.4 is 4.74 Å². The second-order valence-corrected chi connectivity index (χ2v) is 7.61. The molecule has 0 bridgehead atoms. The monoisotopic (exact) mass is 328 g/mol. The van der Waals surface area contributed by atoms with Crippen LogP contribution in [0.25, 0.3) is 0 Å². The second kappa shape index (κ2) is 6.64. The van der Waals surface area contributed by atoms with Crippen LogP contribution >= 0.6 is 0 Å². The number of aliphatic hydroxyl groups is 1. The number of aromatic hydroxyl groups is 1. The van der Waals surface area contributed by atoms with Gasteiger partial charge < -0.3 is 14.9 Å². The van der Waals surface area contributed by atoms with Gasteiger partial charge in [0.05, 0.1) is 6.61 Å². The summed E-state index contributed by atoms with van der Waals surface area (Å²) >= 11 is 0. The lowest BCUT2D eigenvalue weighted by molar-refractivity contribution is -0.0121. The van der Waals surface area contributed by atoms with Crippen molar-refractivity contribution in [1.82, 2.24) is 0 Å². The van der Waals surface area contributed by atoms with E-state index in [9.17, 15) is 10.2 Å². The van der Waals surface area contributed by atoms with Crippen LogP contribution in [0.4, 0.5) is 0 Å². The van der Waals surface area contributed by atoms with Crippen molar-refractivity contribution >= 4 is 0 Å². The van der Waals surface area contributed by atoms with E-state index in [1.54, 1.807) is 6.07 Å². The molecular formula is C21H28O3. The molecular weight excluding hydrogens is 300 g/mol. The number of hydrogen-bond donors (Lipinski definition) is 2. The first-order chi connectivity index (χ1) is 11.4. The standard InChI is InChI=1S/C21H28O3/c1-14(2)5-4-10-21(3)19-8-6-15(13-22)11-17(19)18-12-16(23)7-9-20(18)24-21/h5,7,9,11-12,17,19,22-23H,4,6,8,10,13H2,1-3H3/t17-,19-,21+/m1/s1. The normalized spacial score (nSPS) is 28.2. The maximum absolute atomic E-state index is 9.90. The number of allylic oxidation sites excluding steroid dienone is 3. The first-order valence-electron chi connectivity index (χ1n) is 8.88. The van der Waals surface area contributed by atoms with E-state index in [0.717, 1.165) is 42.6 Å². The van der Waals surface area contributed by atoms with E-state index in [1.165, 1.54) is 5.57 Å². The lowest BCUT2D eigenvalue weighted by atomic mass is 9.66. The predicted molar refractivity (Wildman–Crippen MR) is 96.4 cm³/mol. The average Bonchev–Trinajstić information content (AvgIpc) is 2.55. The van der Waals surface area contributed by atoms with Gasteiger partial charge in [0, 0.05) is 17.4 Å². The first kappa shape index (κ1) is 17.1. The predicted octanol–water partition coefficient (Wildman–Crippen LogP) is 4.70. The van der Waals surface area contributed by atoms with Crippen molar-refractivity contribution in [2.24, 2.45) is 5.92 Å². The quantitative estimate of drug-likeness (QED) is 0.788. The molecule has 1 aromatic carbocycles. The van der Waals surface area contributed by atoms with Crippen molar-refractivity contribution in [3.63, 3.8) is 0 Å². The highest BCUT2D eigenvalue weighted by Gasteiger charge is 2.46. The van der Waals surface area contributed by atoms with Crippen molar-refractivity contribution in [2.75, 3.05) is 6.61 Å². The van der Waals surface area contributed by atoms with Crippen molar-refractivity contribution in [2.45, 2.75) is 58.0 Å². The van der Waals surface area contributed by atoms with E-state index in [-0.39, 0.29) is 23.9 Å². The Bertz CT molecular complexity index is 670. The molecule has 0 saturated heterocycles. The smallest absolute Gasteiger partial charge is 0.124 e. The molecule has 0 aromatic heterocycles. The number of benzene rings is 1. The van der Waals surface area contributed by atoms with E-state index in [1.807, 2.05) is 12.1 Å². The van der Waals surface area contributed by atoms with Crippen LogP contribution in [0.5, 0.6) is 11.5 Å². The molecule has 0 unspecified atom stereocenters. The van der Waals surface area contributed by atoms with Gasteiger partial charge in [-0.1, -0.05) is 17.7 Å². The van der Waals surface area contributed by atoms with Crippen molar-refractivity contribution in [1.29, 1.82) is 0 Å². The van der Waals surface area contributed by atoms with E-state index < -0.39 is 0 Å². The minimum absolute atomic E-state index is 0.118. The summed E-state index contributed by atoms with van der Waals surface area (Å²) in [5, 5.41) is 19.5. The van der Waals surface area contributed by atoms with Crippen LogP contribution in [-0.4, -0.2) is 22.4 Å². The number of ether oxygens (including phenoxy) is 1. The molecule has 1 heterocycles. The molecule has 24 heavy (non-hydrogen) atoms. The molecule has 3 rings (SSSR count). The SMILES string of the molecule is CC(C)=CCC[C@]1(C)Oc2ccc(O)cc2[C@H]2C=C(CO)CC[C@H]21. The molecule has 1 aliphatic carbocycles. The molecule has 1 aromatic rings. The Morgan fingerprint density at radius 2 is 2.17 bits per heavy atom. The molecule has 0 radical (unpaired) electrons. The third-order valence-electron chi connectivity index (χ3n) is 5.50. The largest absolute Gasteiger partial charge is 0.508 e. The Morgan fingerprint density at radius 1 is 1.38 bits per heavy atom. The minimum atomic E-state index is -0.224. The van der Waals surface area contributed by atoms with E-state index >= 15 is 0 Å². The summed E-state index contributed by atoms with van der Waals surface area (Å²) in [5.41, 5.74) is 3.25. The van der Waals surface area contributed by atoms with Crippen molar-refractivity contribution in [3.8, 4) is 11.5 Å². The van der Waals surface area contributed by atoms with Crippen molar-refractivity contribution < 1.29 is 14.9 Å². The minimum Gasteiger partial charge on any atom is -0.508 e. The van der Waals surface area contributed by atoms with Gasteiger partial charge >= 0.3 is 0 Å². The van der Waals surface area contributed by atoms with Crippen LogP contribution in [0.1, 0.15) is 57.9 Å². The van der Waals surface area contributed by atoms with Gasteiger partial charge in [0.15, 0.2) is 0 Å². The third-order valence-corrected chi connectivity index (χ3v) is 5.50. The van der Waals surface area contributed by atoms with Gasteiger partial charge in [-0.25, -0.2) is 0 Å².